The molecule has 0 radical (unpaired) electrons. The molecule has 0 fully saturated rings. The fourth-order valence-electron chi connectivity index (χ4n) is 1.20. The predicted molar refractivity (Wildman–Crippen MR) is 55.6 cm³/mol. The van der Waals surface area contributed by atoms with Gasteiger partial charge in [0.15, 0.2) is 0 Å². The highest BCUT2D eigenvalue weighted by Gasteiger charge is 2.08. The van der Waals surface area contributed by atoms with Gasteiger partial charge in [0, 0.05) is 20.4 Å². The number of hydrogen-bond acceptors (Lipinski definition) is 3. The van der Waals surface area contributed by atoms with Crippen LogP contribution in [-0.2, 0) is 0 Å². The minimum atomic E-state index is -0.215. The molecule has 0 aliphatic carbocycles. The molecular formula is C9H7FOS2. The van der Waals surface area contributed by atoms with E-state index in [9.17, 15) is 4.39 Å². The molecule has 0 atom stereocenters. The van der Waals surface area contributed by atoms with E-state index in [-0.39, 0.29) is 5.82 Å². The van der Waals surface area contributed by atoms with Gasteiger partial charge in [0.25, 0.3) is 0 Å². The van der Waals surface area contributed by atoms with E-state index in [1.165, 1.54) is 16.7 Å². The van der Waals surface area contributed by atoms with E-state index in [0.29, 0.717) is 16.0 Å². The van der Waals surface area contributed by atoms with Gasteiger partial charge in [-0.2, -0.15) is 0 Å². The Bertz CT molecular complexity index is 450. The molecule has 13 heavy (non-hydrogen) atoms. The van der Waals surface area contributed by atoms with Gasteiger partial charge in [-0.25, -0.2) is 4.39 Å². The summed E-state index contributed by atoms with van der Waals surface area (Å²) in [6, 6.07) is 3.52. The van der Waals surface area contributed by atoms with Crippen molar-refractivity contribution in [2.45, 2.75) is 4.90 Å². The molecule has 0 saturated heterocycles. The topological polar surface area (TPSA) is 9.23 Å². The molecule has 0 aliphatic heterocycles. The number of fused-ring (bicyclic) bond motifs is 1. The smallest absolute Gasteiger partial charge is 0.142 e. The Morgan fingerprint density at radius 3 is 2.92 bits per heavy atom. The minimum absolute atomic E-state index is 0.215. The van der Waals surface area contributed by atoms with Crippen LogP contribution >= 0.6 is 24.0 Å². The number of thiol groups is 1. The quantitative estimate of drug-likeness (QED) is 0.716. The average molecular weight is 214 g/mol. The summed E-state index contributed by atoms with van der Waals surface area (Å²) in [5, 5.41) is 2.05. The third-order valence-corrected chi connectivity index (χ3v) is 3.07. The first-order valence-corrected chi connectivity index (χ1v) is 4.99. The number of thiophene rings is 1. The second-order valence-electron chi connectivity index (χ2n) is 2.60. The Labute approximate surface area is 84.6 Å². The van der Waals surface area contributed by atoms with E-state index in [0.717, 1.165) is 4.70 Å². The lowest BCUT2D eigenvalue weighted by Gasteiger charge is -2.01. The third kappa shape index (κ3) is 1.40. The van der Waals surface area contributed by atoms with Crippen LogP contribution < -0.4 is 4.74 Å². The second-order valence-corrected chi connectivity index (χ2v) is 4.00. The molecule has 2 aromatic rings. The highest BCUT2D eigenvalue weighted by atomic mass is 32.1. The van der Waals surface area contributed by atoms with E-state index in [2.05, 4.69) is 12.6 Å². The number of hydrogen-bond donors (Lipinski definition) is 1. The summed E-state index contributed by atoms with van der Waals surface area (Å²) >= 11 is 5.55. The van der Waals surface area contributed by atoms with Gasteiger partial charge < -0.3 is 4.74 Å². The standard InChI is InChI=1S/C9H7FOS2/c1-11-5-2-7(12)9-6(10)4-13-8(9)3-5/h2-4,12H,1H3. The average Bonchev–Trinajstić information content (AvgIpc) is 2.48. The number of benzene rings is 1. The molecular weight excluding hydrogens is 207 g/mol. The van der Waals surface area contributed by atoms with E-state index < -0.39 is 0 Å². The Balaban J connectivity index is 2.79. The molecule has 68 valence electrons. The van der Waals surface area contributed by atoms with Crippen molar-refractivity contribution in [3.63, 3.8) is 0 Å². The second kappa shape index (κ2) is 3.20. The highest BCUT2D eigenvalue weighted by molar-refractivity contribution is 7.80. The first-order chi connectivity index (χ1) is 6.22. The summed E-state index contributed by atoms with van der Waals surface area (Å²) in [6.45, 7) is 0. The van der Waals surface area contributed by atoms with Crippen molar-refractivity contribution in [1.29, 1.82) is 0 Å². The number of ether oxygens (including phenoxy) is 1. The van der Waals surface area contributed by atoms with E-state index in [1.807, 2.05) is 6.07 Å². The first-order valence-electron chi connectivity index (χ1n) is 3.66. The molecule has 1 aromatic carbocycles. The molecule has 0 unspecified atom stereocenters. The van der Waals surface area contributed by atoms with Crippen LogP contribution in [0.3, 0.4) is 0 Å². The van der Waals surface area contributed by atoms with Crippen molar-refractivity contribution in [3.8, 4) is 5.75 Å². The maximum Gasteiger partial charge on any atom is 0.142 e. The SMILES string of the molecule is COc1cc(S)c2c(F)csc2c1. The predicted octanol–water partition coefficient (Wildman–Crippen LogP) is 3.34. The molecule has 0 amide bonds. The number of methoxy groups -OCH3 is 1. The molecule has 0 saturated carbocycles. The van der Waals surface area contributed by atoms with Gasteiger partial charge in [0.1, 0.15) is 11.6 Å². The van der Waals surface area contributed by atoms with Crippen molar-refractivity contribution in [3.05, 3.63) is 23.3 Å². The Morgan fingerprint density at radius 1 is 1.46 bits per heavy atom. The van der Waals surface area contributed by atoms with Crippen LogP contribution in [0.25, 0.3) is 10.1 Å². The van der Waals surface area contributed by atoms with Crippen molar-refractivity contribution in [2.75, 3.05) is 7.11 Å². The van der Waals surface area contributed by atoms with E-state index >= 15 is 0 Å². The molecule has 2 rings (SSSR count). The molecule has 0 N–H and O–H groups in total. The minimum Gasteiger partial charge on any atom is -0.497 e. The zero-order valence-corrected chi connectivity index (χ0v) is 8.58. The third-order valence-electron chi connectivity index (χ3n) is 1.82. The van der Waals surface area contributed by atoms with Crippen LogP contribution in [-0.4, -0.2) is 7.11 Å². The lowest BCUT2D eigenvalue weighted by Crippen LogP contribution is -1.82. The van der Waals surface area contributed by atoms with Gasteiger partial charge in [0.2, 0.25) is 0 Å². The number of halogens is 1. The largest absolute Gasteiger partial charge is 0.497 e. The summed E-state index contributed by atoms with van der Waals surface area (Å²) in [6.07, 6.45) is 0. The van der Waals surface area contributed by atoms with Crippen molar-refractivity contribution in [2.24, 2.45) is 0 Å². The van der Waals surface area contributed by atoms with Crippen molar-refractivity contribution < 1.29 is 9.13 Å². The molecule has 1 aromatic heterocycles. The van der Waals surface area contributed by atoms with Crippen LogP contribution in [0.4, 0.5) is 4.39 Å². The maximum atomic E-state index is 13.2. The summed E-state index contributed by atoms with van der Waals surface area (Å²) in [4.78, 5) is 0.619. The monoisotopic (exact) mass is 214 g/mol. The Kier molecular flexibility index (Phi) is 2.17. The molecule has 0 aliphatic rings. The van der Waals surface area contributed by atoms with E-state index in [4.69, 9.17) is 4.74 Å². The van der Waals surface area contributed by atoms with Crippen molar-refractivity contribution >= 4 is 34.1 Å². The fourth-order valence-corrected chi connectivity index (χ4v) is 2.49. The van der Waals surface area contributed by atoms with Gasteiger partial charge >= 0.3 is 0 Å². The van der Waals surface area contributed by atoms with Crippen LogP contribution in [0.2, 0.25) is 0 Å². The van der Waals surface area contributed by atoms with Gasteiger partial charge in [-0.3, -0.25) is 0 Å². The number of rotatable bonds is 1. The lowest BCUT2D eigenvalue weighted by molar-refractivity contribution is 0.414. The van der Waals surface area contributed by atoms with E-state index in [1.54, 1.807) is 13.2 Å². The molecule has 1 nitrogen and oxygen atoms in total. The van der Waals surface area contributed by atoms with Gasteiger partial charge in [-0.15, -0.1) is 24.0 Å². The van der Waals surface area contributed by atoms with Crippen molar-refractivity contribution in [1.82, 2.24) is 0 Å². The molecule has 1 heterocycles. The first kappa shape index (κ1) is 8.84. The van der Waals surface area contributed by atoms with Gasteiger partial charge in [-0.1, -0.05) is 0 Å². The van der Waals surface area contributed by atoms with Crippen LogP contribution in [0.15, 0.2) is 22.4 Å². The Morgan fingerprint density at radius 2 is 2.23 bits per heavy atom. The normalized spacial score (nSPS) is 10.7. The van der Waals surface area contributed by atoms with Crippen LogP contribution in [0, 0.1) is 5.82 Å². The van der Waals surface area contributed by atoms with Gasteiger partial charge in [0.05, 0.1) is 7.11 Å². The molecule has 0 spiro atoms. The zero-order valence-electron chi connectivity index (χ0n) is 6.87. The highest BCUT2D eigenvalue weighted by Crippen LogP contribution is 2.33. The van der Waals surface area contributed by atoms with Crippen LogP contribution in [0.1, 0.15) is 0 Å². The summed E-state index contributed by atoms with van der Waals surface area (Å²) in [5.41, 5.74) is 0. The molecule has 4 heteroatoms. The fraction of sp³-hybridized carbons (Fsp3) is 0.111. The summed E-state index contributed by atoms with van der Waals surface area (Å²) < 4.78 is 19.1. The molecule has 0 bridgehead atoms. The van der Waals surface area contributed by atoms with Crippen LogP contribution in [0.5, 0.6) is 5.75 Å². The Hall–Kier alpha value is -0.740. The summed E-state index contributed by atoms with van der Waals surface area (Å²) in [5.74, 6) is 0.493. The maximum absolute atomic E-state index is 13.2. The van der Waals surface area contributed by atoms with Gasteiger partial charge in [-0.05, 0) is 12.1 Å². The summed E-state index contributed by atoms with van der Waals surface area (Å²) in [7, 11) is 1.58. The lowest BCUT2D eigenvalue weighted by atomic mass is 10.2. The zero-order chi connectivity index (χ0) is 9.42.